The molecular weight excluding hydrogens is 288 g/mol. The number of pyridine rings is 1. The Morgan fingerprint density at radius 3 is 2.74 bits per heavy atom. The minimum atomic E-state index is -0.199. The van der Waals surface area contributed by atoms with E-state index in [4.69, 9.17) is 0 Å². The second-order valence-corrected chi connectivity index (χ2v) is 5.33. The van der Waals surface area contributed by atoms with Crippen molar-refractivity contribution >= 4 is 22.6 Å². The number of para-hydroxylation sites is 1. The van der Waals surface area contributed by atoms with Gasteiger partial charge in [0.15, 0.2) is 0 Å². The monoisotopic (exact) mass is 308 g/mol. The number of nitrogens with one attached hydrogen (secondary N) is 2. The molecule has 5 nitrogen and oxygen atoms in total. The highest BCUT2D eigenvalue weighted by molar-refractivity contribution is 6.00. The Balaban J connectivity index is 1.69. The van der Waals surface area contributed by atoms with Gasteiger partial charge >= 0.3 is 6.03 Å². The Hall–Kier alpha value is -2.82. The van der Waals surface area contributed by atoms with Gasteiger partial charge in [-0.25, -0.2) is 4.79 Å². The van der Waals surface area contributed by atoms with Crippen molar-refractivity contribution in [1.29, 1.82) is 0 Å². The van der Waals surface area contributed by atoms with Crippen LogP contribution in [-0.4, -0.2) is 22.1 Å². The number of aromatic nitrogens is 2. The molecule has 0 saturated heterocycles. The topological polar surface area (TPSA) is 59.0 Å². The van der Waals surface area contributed by atoms with Crippen LogP contribution in [0.5, 0.6) is 0 Å². The molecule has 0 aliphatic carbocycles. The molecule has 0 saturated carbocycles. The van der Waals surface area contributed by atoms with E-state index < -0.39 is 0 Å². The van der Waals surface area contributed by atoms with Gasteiger partial charge in [0.2, 0.25) is 0 Å². The van der Waals surface area contributed by atoms with E-state index in [9.17, 15) is 4.79 Å². The van der Waals surface area contributed by atoms with Crippen molar-refractivity contribution in [2.24, 2.45) is 0 Å². The van der Waals surface area contributed by atoms with Crippen LogP contribution in [-0.2, 0) is 13.0 Å². The van der Waals surface area contributed by atoms with Gasteiger partial charge in [0.25, 0.3) is 0 Å². The zero-order valence-corrected chi connectivity index (χ0v) is 13.1. The summed E-state index contributed by atoms with van der Waals surface area (Å²) in [7, 11) is 0. The zero-order chi connectivity index (χ0) is 16.1. The fourth-order valence-corrected chi connectivity index (χ4v) is 2.50. The van der Waals surface area contributed by atoms with Crippen LogP contribution in [0.25, 0.3) is 10.9 Å². The minimum Gasteiger partial charge on any atom is -0.353 e. The third kappa shape index (κ3) is 3.69. The summed E-state index contributed by atoms with van der Waals surface area (Å²) in [4.78, 5) is 16.7. The summed E-state index contributed by atoms with van der Waals surface area (Å²) >= 11 is 0. The summed E-state index contributed by atoms with van der Waals surface area (Å²) < 4.78 is 2.03. The third-order valence-corrected chi connectivity index (χ3v) is 3.70. The number of benzene rings is 1. The van der Waals surface area contributed by atoms with Crippen molar-refractivity contribution in [2.45, 2.75) is 19.9 Å². The lowest BCUT2D eigenvalue weighted by atomic mass is 10.1. The zero-order valence-electron chi connectivity index (χ0n) is 13.1. The predicted octanol–water partition coefficient (Wildman–Crippen LogP) is 3.42. The van der Waals surface area contributed by atoms with Crippen LogP contribution in [0, 0.1) is 0 Å². The molecule has 2 N–H and O–H groups in total. The maximum absolute atomic E-state index is 12.1. The predicted molar refractivity (Wildman–Crippen MR) is 92.6 cm³/mol. The Labute approximate surface area is 135 Å². The Morgan fingerprint density at radius 2 is 1.96 bits per heavy atom. The number of carbonyl (C=O) groups is 1. The fraction of sp³-hybridized carbons (Fsp3) is 0.222. The number of aryl methyl sites for hydroxylation is 1. The molecule has 3 rings (SSSR count). The first-order chi connectivity index (χ1) is 11.3. The summed E-state index contributed by atoms with van der Waals surface area (Å²) in [6.45, 7) is 3.37. The average Bonchev–Trinajstić information content (AvgIpc) is 3.08. The smallest absolute Gasteiger partial charge is 0.319 e. The van der Waals surface area contributed by atoms with Gasteiger partial charge in [0.1, 0.15) is 0 Å². The van der Waals surface area contributed by atoms with E-state index in [2.05, 4.69) is 22.5 Å². The summed E-state index contributed by atoms with van der Waals surface area (Å²) in [5.41, 5.74) is 2.66. The average molecular weight is 308 g/mol. The summed E-state index contributed by atoms with van der Waals surface area (Å²) in [5.74, 6) is 0. The Morgan fingerprint density at radius 1 is 1.17 bits per heavy atom. The quantitative estimate of drug-likeness (QED) is 0.758. The number of hydrogen-bond acceptors (Lipinski definition) is 2. The van der Waals surface area contributed by atoms with E-state index in [0.717, 1.165) is 35.2 Å². The van der Waals surface area contributed by atoms with E-state index >= 15 is 0 Å². The largest absolute Gasteiger partial charge is 0.353 e. The molecule has 23 heavy (non-hydrogen) atoms. The van der Waals surface area contributed by atoms with Gasteiger partial charge in [-0.3, -0.25) is 4.98 Å². The summed E-state index contributed by atoms with van der Waals surface area (Å²) in [6.07, 6.45) is 4.78. The molecular formula is C18H20N4O. The number of fused-ring (bicyclic) bond motifs is 1. The molecule has 2 amide bonds. The molecule has 2 heterocycles. The molecule has 0 bridgehead atoms. The lowest BCUT2D eigenvalue weighted by Crippen LogP contribution is -2.31. The van der Waals surface area contributed by atoms with Crippen LogP contribution in [0.3, 0.4) is 0 Å². The van der Waals surface area contributed by atoms with Gasteiger partial charge in [0, 0.05) is 36.6 Å². The highest BCUT2D eigenvalue weighted by Crippen LogP contribution is 2.23. The number of rotatable bonds is 5. The van der Waals surface area contributed by atoms with Crippen molar-refractivity contribution in [3.63, 3.8) is 0 Å². The molecule has 1 aromatic carbocycles. The molecule has 5 heteroatoms. The highest BCUT2D eigenvalue weighted by Gasteiger charge is 2.08. The molecule has 2 aromatic heterocycles. The number of urea groups is 1. The second kappa shape index (κ2) is 6.96. The molecule has 0 unspecified atom stereocenters. The number of carbonyl (C=O) groups excluding carboxylic acids is 1. The number of hydrogen-bond donors (Lipinski definition) is 2. The standard InChI is InChI=1S/C18H20N4O/c1-2-14-13-17(15-7-3-4-8-16(15)20-14)21-18(23)19-9-12-22-10-5-6-11-22/h3-8,10-11,13H,2,9,12H2,1H3,(H2,19,20,21,23). The van der Waals surface area contributed by atoms with Crippen molar-refractivity contribution in [3.8, 4) is 0 Å². The van der Waals surface area contributed by atoms with Crippen LogP contribution >= 0.6 is 0 Å². The van der Waals surface area contributed by atoms with Gasteiger partial charge < -0.3 is 15.2 Å². The first kappa shape index (κ1) is 15.1. The lowest BCUT2D eigenvalue weighted by Gasteiger charge is -2.12. The van der Waals surface area contributed by atoms with E-state index in [1.807, 2.05) is 59.4 Å². The van der Waals surface area contributed by atoms with Crippen LogP contribution in [0.15, 0.2) is 54.9 Å². The molecule has 0 atom stereocenters. The van der Waals surface area contributed by atoms with Crippen molar-refractivity contribution in [2.75, 3.05) is 11.9 Å². The molecule has 0 spiro atoms. The SMILES string of the molecule is CCc1cc(NC(=O)NCCn2cccc2)c2ccccc2n1. The molecule has 0 fully saturated rings. The molecule has 0 aliphatic heterocycles. The maximum atomic E-state index is 12.1. The van der Waals surface area contributed by atoms with Crippen molar-refractivity contribution in [3.05, 3.63) is 60.6 Å². The molecule has 3 aromatic rings. The second-order valence-electron chi connectivity index (χ2n) is 5.33. The van der Waals surface area contributed by atoms with Crippen LogP contribution in [0.4, 0.5) is 10.5 Å². The summed E-state index contributed by atoms with van der Waals surface area (Å²) in [5, 5.41) is 6.77. The van der Waals surface area contributed by atoms with Crippen LogP contribution in [0.2, 0.25) is 0 Å². The lowest BCUT2D eigenvalue weighted by molar-refractivity contribution is 0.251. The first-order valence-electron chi connectivity index (χ1n) is 7.80. The van der Waals surface area contributed by atoms with Gasteiger partial charge in [-0.1, -0.05) is 25.1 Å². The highest BCUT2D eigenvalue weighted by atomic mass is 16.2. The molecule has 118 valence electrons. The van der Waals surface area contributed by atoms with E-state index in [-0.39, 0.29) is 6.03 Å². The van der Waals surface area contributed by atoms with E-state index in [0.29, 0.717) is 6.54 Å². The van der Waals surface area contributed by atoms with Crippen molar-refractivity contribution < 1.29 is 4.79 Å². The Kier molecular flexibility index (Phi) is 4.57. The fourth-order valence-electron chi connectivity index (χ4n) is 2.50. The number of nitrogens with zero attached hydrogens (tertiary/aromatic N) is 2. The summed E-state index contributed by atoms with van der Waals surface area (Å²) in [6, 6.07) is 13.5. The first-order valence-corrected chi connectivity index (χ1v) is 7.80. The molecule has 0 aliphatic rings. The van der Waals surface area contributed by atoms with Crippen molar-refractivity contribution in [1.82, 2.24) is 14.9 Å². The van der Waals surface area contributed by atoms with E-state index in [1.165, 1.54) is 0 Å². The van der Waals surface area contributed by atoms with Crippen LogP contribution < -0.4 is 10.6 Å². The van der Waals surface area contributed by atoms with Gasteiger partial charge in [0.05, 0.1) is 11.2 Å². The minimum absolute atomic E-state index is 0.199. The Bertz CT molecular complexity index is 796. The normalized spacial score (nSPS) is 10.7. The van der Waals surface area contributed by atoms with Gasteiger partial charge in [-0.2, -0.15) is 0 Å². The van der Waals surface area contributed by atoms with E-state index in [1.54, 1.807) is 0 Å². The van der Waals surface area contributed by atoms with Gasteiger partial charge in [-0.05, 0) is 30.7 Å². The molecule has 0 radical (unpaired) electrons. The number of anilines is 1. The van der Waals surface area contributed by atoms with Gasteiger partial charge in [-0.15, -0.1) is 0 Å². The van der Waals surface area contributed by atoms with Crippen LogP contribution in [0.1, 0.15) is 12.6 Å². The number of amides is 2. The maximum Gasteiger partial charge on any atom is 0.319 e. The third-order valence-electron chi connectivity index (χ3n) is 3.70.